The number of aromatic nitrogens is 5. The quantitative estimate of drug-likeness (QED) is 0.675. The van der Waals surface area contributed by atoms with Gasteiger partial charge in [-0.2, -0.15) is 10.4 Å². The van der Waals surface area contributed by atoms with Crippen LogP contribution in [0.25, 0.3) is 5.82 Å². The van der Waals surface area contributed by atoms with Crippen molar-refractivity contribution in [3.8, 4) is 11.9 Å². The molecule has 0 unspecified atom stereocenters. The number of nitriles is 1. The second-order valence-electron chi connectivity index (χ2n) is 6.06. The van der Waals surface area contributed by atoms with E-state index in [1.807, 2.05) is 0 Å². The van der Waals surface area contributed by atoms with E-state index < -0.39 is 17.4 Å². The Labute approximate surface area is 142 Å². The van der Waals surface area contributed by atoms with Crippen molar-refractivity contribution in [2.45, 2.75) is 24.9 Å². The van der Waals surface area contributed by atoms with E-state index >= 15 is 0 Å². The van der Waals surface area contributed by atoms with Crippen LogP contribution in [0.3, 0.4) is 0 Å². The Morgan fingerprint density at radius 3 is 2.60 bits per heavy atom. The maximum atomic E-state index is 12.3. The van der Waals surface area contributed by atoms with Crippen molar-refractivity contribution in [2.75, 3.05) is 13.1 Å². The average Bonchev–Trinajstić information content (AvgIpc) is 3.23. The van der Waals surface area contributed by atoms with E-state index in [-0.39, 0.29) is 6.54 Å². The van der Waals surface area contributed by atoms with Gasteiger partial charge < -0.3 is 9.80 Å². The second kappa shape index (κ2) is 5.62. The number of carbonyl (C=O) groups excluding carboxylic acids is 2. The van der Waals surface area contributed by atoms with Crippen molar-refractivity contribution in [1.29, 1.82) is 5.26 Å². The van der Waals surface area contributed by atoms with Gasteiger partial charge >= 0.3 is 11.8 Å². The van der Waals surface area contributed by atoms with Gasteiger partial charge in [0.25, 0.3) is 0 Å². The number of amides is 2. The SMILES string of the molecule is N#CC1(N2CCN(Cc3ccc(-n4ccnn4)nn3)C(=O)C2=O)CC1. The molecule has 1 saturated heterocycles. The van der Waals surface area contributed by atoms with Crippen LogP contribution in [-0.4, -0.2) is 65.4 Å². The van der Waals surface area contributed by atoms with Crippen molar-refractivity contribution >= 4 is 11.8 Å². The summed E-state index contributed by atoms with van der Waals surface area (Å²) in [5, 5.41) is 24.9. The molecule has 1 saturated carbocycles. The molecule has 1 aliphatic carbocycles. The summed E-state index contributed by atoms with van der Waals surface area (Å²) in [5.74, 6) is -0.703. The van der Waals surface area contributed by atoms with Crippen molar-refractivity contribution < 1.29 is 9.59 Å². The van der Waals surface area contributed by atoms with E-state index in [9.17, 15) is 14.9 Å². The lowest BCUT2D eigenvalue weighted by molar-refractivity contribution is -0.158. The summed E-state index contributed by atoms with van der Waals surface area (Å²) in [6, 6.07) is 5.60. The Morgan fingerprint density at radius 2 is 2.00 bits per heavy atom. The molecule has 0 spiro atoms. The van der Waals surface area contributed by atoms with E-state index in [2.05, 4.69) is 26.6 Å². The van der Waals surface area contributed by atoms with Crippen LogP contribution >= 0.6 is 0 Å². The highest BCUT2D eigenvalue weighted by molar-refractivity contribution is 6.35. The molecule has 2 aliphatic rings. The first-order chi connectivity index (χ1) is 12.1. The third-order valence-corrected chi connectivity index (χ3v) is 4.47. The molecule has 10 heteroatoms. The number of nitrogens with zero attached hydrogens (tertiary/aromatic N) is 8. The van der Waals surface area contributed by atoms with Gasteiger partial charge in [-0.1, -0.05) is 5.21 Å². The number of piperazine rings is 1. The second-order valence-corrected chi connectivity index (χ2v) is 6.06. The molecule has 0 bridgehead atoms. The molecule has 25 heavy (non-hydrogen) atoms. The Kier molecular flexibility index (Phi) is 3.42. The Balaban J connectivity index is 1.44. The van der Waals surface area contributed by atoms with Gasteiger partial charge in [0, 0.05) is 13.1 Å². The van der Waals surface area contributed by atoms with Crippen LogP contribution in [0.4, 0.5) is 0 Å². The highest BCUT2D eigenvalue weighted by Crippen LogP contribution is 2.41. The zero-order chi connectivity index (χ0) is 17.4. The van der Waals surface area contributed by atoms with Gasteiger partial charge in [-0.3, -0.25) is 9.59 Å². The van der Waals surface area contributed by atoms with Crippen LogP contribution < -0.4 is 0 Å². The predicted molar refractivity (Wildman–Crippen MR) is 81.7 cm³/mol. The van der Waals surface area contributed by atoms with Gasteiger partial charge in [0.05, 0.1) is 30.7 Å². The third kappa shape index (κ3) is 2.59. The van der Waals surface area contributed by atoms with Gasteiger partial charge in [-0.15, -0.1) is 10.2 Å². The molecule has 3 heterocycles. The molecular weight excluding hydrogens is 324 g/mol. The molecule has 2 amide bonds. The Hall–Kier alpha value is -3.35. The van der Waals surface area contributed by atoms with E-state index in [1.165, 1.54) is 20.7 Å². The average molecular weight is 338 g/mol. The number of carbonyl (C=O) groups is 2. The first-order valence-corrected chi connectivity index (χ1v) is 7.84. The van der Waals surface area contributed by atoms with E-state index in [0.29, 0.717) is 37.4 Å². The van der Waals surface area contributed by atoms with E-state index in [0.717, 1.165) is 0 Å². The fraction of sp³-hybridized carbons (Fsp3) is 0.400. The number of rotatable bonds is 4. The third-order valence-electron chi connectivity index (χ3n) is 4.47. The molecule has 0 radical (unpaired) electrons. The topological polar surface area (TPSA) is 121 Å². The molecular formula is C15H14N8O2. The summed E-state index contributed by atoms with van der Waals surface area (Å²) < 4.78 is 1.47. The van der Waals surface area contributed by atoms with Gasteiger partial charge in [-0.05, 0) is 25.0 Å². The van der Waals surface area contributed by atoms with Gasteiger partial charge in [0.2, 0.25) is 0 Å². The molecule has 0 atom stereocenters. The molecule has 126 valence electrons. The van der Waals surface area contributed by atoms with E-state index in [4.69, 9.17) is 0 Å². The van der Waals surface area contributed by atoms with Crippen LogP contribution in [0.1, 0.15) is 18.5 Å². The molecule has 0 aromatic carbocycles. The standard InChI is InChI=1S/C15H14N8O2/c16-10-15(3-4-15)22-8-7-21(13(24)14(22)25)9-11-1-2-12(19-18-11)23-6-5-17-20-23/h1-2,5-6H,3-4,7-9H2. The Bertz CT molecular complexity index is 851. The predicted octanol–water partition coefficient (Wildman–Crippen LogP) is -0.716. The summed E-state index contributed by atoms with van der Waals surface area (Å²) in [6.45, 7) is 0.936. The van der Waals surface area contributed by atoms with E-state index in [1.54, 1.807) is 18.3 Å². The maximum absolute atomic E-state index is 12.3. The van der Waals surface area contributed by atoms with Crippen molar-refractivity contribution in [3.05, 3.63) is 30.2 Å². The zero-order valence-electron chi connectivity index (χ0n) is 13.2. The molecule has 10 nitrogen and oxygen atoms in total. The summed E-state index contributed by atoms with van der Waals surface area (Å²) >= 11 is 0. The Morgan fingerprint density at radius 1 is 1.16 bits per heavy atom. The van der Waals surface area contributed by atoms with Crippen molar-refractivity contribution in [3.63, 3.8) is 0 Å². The minimum absolute atomic E-state index is 0.197. The lowest BCUT2D eigenvalue weighted by Gasteiger charge is -2.36. The van der Waals surface area contributed by atoms with Gasteiger partial charge in [0.1, 0.15) is 5.54 Å². The zero-order valence-corrected chi connectivity index (χ0v) is 13.2. The minimum Gasteiger partial charge on any atom is -0.327 e. The van der Waals surface area contributed by atoms with Crippen molar-refractivity contribution in [2.24, 2.45) is 0 Å². The summed E-state index contributed by atoms with van der Waals surface area (Å²) in [5.41, 5.74) is -0.196. The highest BCUT2D eigenvalue weighted by Gasteiger charge is 2.54. The number of hydrogen-bond donors (Lipinski definition) is 0. The van der Waals surface area contributed by atoms with Crippen LogP contribution in [0.5, 0.6) is 0 Å². The molecule has 2 aromatic rings. The highest BCUT2D eigenvalue weighted by atomic mass is 16.2. The molecule has 1 aliphatic heterocycles. The monoisotopic (exact) mass is 338 g/mol. The van der Waals surface area contributed by atoms with Crippen LogP contribution in [-0.2, 0) is 16.1 Å². The van der Waals surface area contributed by atoms with Crippen LogP contribution in [0.2, 0.25) is 0 Å². The van der Waals surface area contributed by atoms with Crippen LogP contribution in [0, 0.1) is 11.3 Å². The molecule has 2 aromatic heterocycles. The fourth-order valence-corrected chi connectivity index (χ4v) is 2.88. The van der Waals surface area contributed by atoms with Crippen LogP contribution in [0.15, 0.2) is 24.5 Å². The lowest BCUT2D eigenvalue weighted by Crippen LogP contribution is -2.57. The first kappa shape index (κ1) is 15.2. The summed E-state index contributed by atoms with van der Waals surface area (Å²) in [6.07, 6.45) is 4.46. The van der Waals surface area contributed by atoms with Gasteiger partial charge in [0.15, 0.2) is 5.82 Å². The first-order valence-electron chi connectivity index (χ1n) is 7.84. The normalized spacial score (nSPS) is 19.0. The molecule has 2 fully saturated rings. The smallest absolute Gasteiger partial charge is 0.313 e. The fourth-order valence-electron chi connectivity index (χ4n) is 2.88. The summed E-state index contributed by atoms with van der Waals surface area (Å²) in [4.78, 5) is 27.5. The summed E-state index contributed by atoms with van der Waals surface area (Å²) in [7, 11) is 0. The molecule has 0 N–H and O–H groups in total. The largest absolute Gasteiger partial charge is 0.327 e. The van der Waals surface area contributed by atoms with Gasteiger partial charge in [-0.25, -0.2) is 4.68 Å². The van der Waals surface area contributed by atoms with Crippen molar-refractivity contribution in [1.82, 2.24) is 35.0 Å². The molecule has 4 rings (SSSR count). The number of hydrogen-bond acceptors (Lipinski definition) is 7. The minimum atomic E-state index is -0.766. The lowest BCUT2D eigenvalue weighted by atomic mass is 10.2. The maximum Gasteiger partial charge on any atom is 0.313 e.